The second kappa shape index (κ2) is 11.4. The number of carbonyl (C=O) groups is 2. The molecule has 166 valence electrons. The number of carbonyl (C=O) groups excluding carboxylic acids is 2. The third-order valence-electron chi connectivity index (χ3n) is 4.55. The van der Waals surface area contributed by atoms with E-state index < -0.39 is 6.10 Å². The molecule has 1 aliphatic heterocycles. The van der Waals surface area contributed by atoms with E-state index in [1.807, 2.05) is 31.2 Å². The molecule has 3 rings (SSSR count). The van der Waals surface area contributed by atoms with E-state index in [4.69, 9.17) is 21.1 Å². The highest BCUT2D eigenvalue weighted by Crippen LogP contribution is 2.24. The first-order valence-corrected chi connectivity index (χ1v) is 11.2. The fourth-order valence-corrected chi connectivity index (χ4v) is 3.93. The topological polar surface area (TPSA) is 96.9 Å². The zero-order valence-electron chi connectivity index (χ0n) is 17.0. The summed E-state index contributed by atoms with van der Waals surface area (Å²) in [5.74, 6) is 1.09. The van der Waals surface area contributed by atoms with Gasteiger partial charge in [-0.25, -0.2) is 0 Å². The number of aliphatic hydroxyl groups excluding tert-OH is 1. The van der Waals surface area contributed by atoms with E-state index in [0.29, 0.717) is 36.1 Å². The van der Waals surface area contributed by atoms with Crippen LogP contribution < -0.4 is 20.1 Å². The summed E-state index contributed by atoms with van der Waals surface area (Å²) < 4.78 is 11.3. The third-order valence-corrected chi connectivity index (χ3v) is 5.77. The van der Waals surface area contributed by atoms with Gasteiger partial charge >= 0.3 is 0 Å². The quantitative estimate of drug-likeness (QED) is 0.470. The van der Waals surface area contributed by atoms with Gasteiger partial charge in [-0.15, -0.1) is 0 Å². The number of hydrogen-bond acceptors (Lipinski definition) is 7. The van der Waals surface area contributed by atoms with Gasteiger partial charge in [0.05, 0.1) is 5.25 Å². The Labute approximate surface area is 190 Å². The van der Waals surface area contributed by atoms with Crippen LogP contribution in [0.4, 0.5) is 4.79 Å². The Morgan fingerprint density at radius 3 is 2.55 bits per heavy atom. The molecule has 7 nitrogen and oxygen atoms in total. The zero-order valence-corrected chi connectivity index (χ0v) is 18.6. The first-order chi connectivity index (χ1) is 14.9. The maximum absolute atomic E-state index is 11.7. The van der Waals surface area contributed by atoms with E-state index >= 15 is 0 Å². The number of ether oxygens (including phenoxy) is 2. The fraction of sp³-hybridized carbons (Fsp3) is 0.364. The molecule has 0 saturated carbocycles. The maximum Gasteiger partial charge on any atom is 0.286 e. The van der Waals surface area contributed by atoms with Crippen molar-refractivity contribution in [3.8, 4) is 11.5 Å². The molecule has 31 heavy (non-hydrogen) atoms. The minimum absolute atomic E-state index is 0.0186. The smallest absolute Gasteiger partial charge is 0.286 e. The Morgan fingerprint density at radius 1 is 1.13 bits per heavy atom. The molecule has 3 unspecified atom stereocenters. The average Bonchev–Trinajstić information content (AvgIpc) is 3.06. The standard InChI is InChI=1S/C22H25ClN2O5S/c1-14(24-11-17(26)13-30-19-4-2-3-16(23)10-19)12-29-18-7-5-15(6-8-18)9-20-21(27)25-22(28)31-20/h2-8,10,14,17,20,24,26H,9,11-13H2,1H3,(H,25,27,28). The van der Waals surface area contributed by atoms with Gasteiger partial charge in [0, 0.05) is 17.6 Å². The largest absolute Gasteiger partial charge is 0.492 e. The predicted octanol–water partition coefficient (Wildman–Crippen LogP) is 3.03. The molecule has 2 aromatic carbocycles. The van der Waals surface area contributed by atoms with Gasteiger partial charge in [-0.3, -0.25) is 14.9 Å². The molecule has 3 N–H and O–H groups in total. The Kier molecular flexibility index (Phi) is 8.60. The van der Waals surface area contributed by atoms with Crippen molar-refractivity contribution >= 4 is 34.5 Å². The van der Waals surface area contributed by atoms with Gasteiger partial charge in [0.15, 0.2) is 0 Å². The number of benzene rings is 2. The molecule has 0 aromatic heterocycles. The normalized spacial score (nSPS) is 17.8. The molecule has 0 radical (unpaired) electrons. The highest BCUT2D eigenvalue weighted by molar-refractivity contribution is 8.15. The zero-order chi connectivity index (χ0) is 22.2. The van der Waals surface area contributed by atoms with Gasteiger partial charge in [0.1, 0.15) is 30.8 Å². The van der Waals surface area contributed by atoms with Crippen LogP contribution in [0.25, 0.3) is 0 Å². The summed E-state index contributed by atoms with van der Waals surface area (Å²) in [6.07, 6.45) is -0.173. The molecule has 3 atom stereocenters. The van der Waals surface area contributed by atoms with Crippen molar-refractivity contribution in [3.63, 3.8) is 0 Å². The Bertz CT molecular complexity index is 896. The van der Waals surface area contributed by atoms with Crippen LogP contribution in [0.1, 0.15) is 12.5 Å². The minimum Gasteiger partial charge on any atom is -0.492 e. The number of thioether (sulfide) groups is 1. The van der Waals surface area contributed by atoms with Gasteiger partial charge in [0.2, 0.25) is 5.91 Å². The van der Waals surface area contributed by atoms with E-state index in [1.54, 1.807) is 24.3 Å². The molecular weight excluding hydrogens is 440 g/mol. The summed E-state index contributed by atoms with van der Waals surface area (Å²) in [4.78, 5) is 22.9. The van der Waals surface area contributed by atoms with Gasteiger partial charge in [0.25, 0.3) is 5.24 Å². The Hall–Kier alpha value is -2.26. The lowest BCUT2D eigenvalue weighted by molar-refractivity contribution is -0.118. The van der Waals surface area contributed by atoms with E-state index in [2.05, 4.69) is 10.6 Å². The van der Waals surface area contributed by atoms with Crippen LogP contribution in [-0.2, 0) is 11.2 Å². The van der Waals surface area contributed by atoms with Crippen LogP contribution in [0.15, 0.2) is 48.5 Å². The van der Waals surface area contributed by atoms with Crippen molar-refractivity contribution in [3.05, 3.63) is 59.1 Å². The minimum atomic E-state index is -0.668. The van der Waals surface area contributed by atoms with E-state index in [0.717, 1.165) is 17.3 Å². The number of nitrogens with one attached hydrogen (secondary N) is 2. The molecule has 0 bridgehead atoms. The molecular formula is C22H25ClN2O5S. The van der Waals surface area contributed by atoms with Gasteiger partial charge < -0.3 is 19.9 Å². The van der Waals surface area contributed by atoms with Crippen molar-refractivity contribution in [2.24, 2.45) is 0 Å². The second-order valence-corrected chi connectivity index (χ2v) is 8.89. The Balaban J connectivity index is 1.34. The fourth-order valence-electron chi connectivity index (χ4n) is 2.89. The van der Waals surface area contributed by atoms with Crippen molar-refractivity contribution in [1.82, 2.24) is 10.6 Å². The number of imide groups is 1. The van der Waals surface area contributed by atoms with Gasteiger partial charge in [-0.1, -0.05) is 41.6 Å². The van der Waals surface area contributed by atoms with Gasteiger partial charge in [-0.05, 0) is 49.2 Å². The first kappa shape index (κ1) is 23.4. The average molecular weight is 465 g/mol. The summed E-state index contributed by atoms with van der Waals surface area (Å²) >= 11 is 6.93. The molecule has 1 fully saturated rings. The monoisotopic (exact) mass is 464 g/mol. The van der Waals surface area contributed by atoms with Crippen LogP contribution in [0, 0.1) is 0 Å². The summed E-state index contributed by atoms with van der Waals surface area (Å²) in [6, 6.07) is 14.5. The number of amides is 2. The van der Waals surface area contributed by atoms with Crippen LogP contribution in [0.5, 0.6) is 11.5 Å². The second-order valence-electron chi connectivity index (χ2n) is 7.27. The summed E-state index contributed by atoms with van der Waals surface area (Å²) in [5, 5.41) is 15.5. The molecule has 0 spiro atoms. The van der Waals surface area contributed by atoms with Crippen LogP contribution in [0.3, 0.4) is 0 Å². The van der Waals surface area contributed by atoms with Crippen molar-refractivity contribution in [2.75, 3.05) is 19.8 Å². The lowest BCUT2D eigenvalue weighted by atomic mass is 10.1. The number of hydrogen-bond donors (Lipinski definition) is 3. The maximum atomic E-state index is 11.7. The lowest BCUT2D eigenvalue weighted by Crippen LogP contribution is -2.39. The molecule has 1 aliphatic rings. The SMILES string of the molecule is CC(COc1ccc(CC2SC(=O)NC2=O)cc1)NCC(O)COc1cccc(Cl)c1. The predicted molar refractivity (Wildman–Crippen MR) is 121 cm³/mol. The molecule has 2 aromatic rings. The van der Waals surface area contributed by atoms with Gasteiger partial charge in [-0.2, -0.15) is 0 Å². The Morgan fingerprint density at radius 2 is 1.87 bits per heavy atom. The van der Waals surface area contributed by atoms with E-state index in [9.17, 15) is 14.7 Å². The molecule has 1 heterocycles. The highest BCUT2D eigenvalue weighted by Gasteiger charge is 2.31. The van der Waals surface area contributed by atoms with Crippen LogP contribution in [-0.4, -0.2) is 53.4 Å². The van der Waals surface area contributed by atoms with Crippen LogP contribution >= 0.6 is 23.4 Å². The molecule has 1 saturated heterocycles. The third kappa shape index (κ3) is 7.74. The number of halogens is 1. The first-order valence-electron chi connectivity index (χ1n) is 9.92. The summed E-state index contributed by atoms with van der Waals surface area (Å²) in [5.41, 5.74) is 0.962. The lowest BCUT2D eigenvalue weighted by Gasteiger charge is -2.18. The highest BCUT2D eigenvalue weighted by atomic mass is 35.5. The van der Waals surface area contributed by atoms with Crippen LogP contribution in [0.2, 0.25) is 5.02 Å². The van der Waals surface area contributed by atoms with Crippen molar-refractivity contribution in [1.29, 1.82) is 0 Å². The van der Waals surface area contributed by atoms with Crippen molar-refractivity contribution in [2.45, 2.75) is 30.7 Å². The van der Waals surface area contributed by atoms with Crippen molar-refractivity contribution < 1.29 is 24.2 Å². The van der Waals surface area contributed by atoms with E-state index in [1.165, 1.54) is 0 Å². The molecule has 0 aliphatic carbocycles. The number of rotatable bonds is 11. The molecule has 2 amide bonds. The summed E-state index contributed by atoms with van der Waals surface area (Å²) in [6.45, 7) is 2.91. The summed E-state index contributed by atoms with van der Waals surface area (Å²) in [7, 11) is 0. The van der Waals surface area contributed by atoms with E-state index in [-0.39, 0.29) is 29.0 Å². The molecule has 9 heteroatoms. The number of aliphatic hydroxyl groups is 1.